The highest BCUT2D eigenvalue weighted by Gasteiger charge is 2.54. The van der Waals surface area contributed by atoms with Crippen molar-refractivity contribution >= 4 is 77.3 Å². The number of nitrogens with one attached hydrogen (secondary N) is 3. The number of aromatic nitrogens is 6. The third-order valence-corrected chi connectivity index (χ3v) is 22.6. The Morgan fingerprint density at radius 1 is 0.459 bits per heavy atom. The second kappa shape index (κ2) is 40.3. The second-order valence-corrected chi connectivity index (χ2v) is 33.5. The van der Waals surface area contributed by atoms with Gasteiger partial charge in [-0.3, -0.25) is 71.0 Å². The fourth-order valence-electron chi connectivity index (χ4n) is 10.6. The Labute approximate surface area is 663 Å². The summed E-state index contributed by atoms with van der Waals surface area (Å²) >= 11 is 15.5. The summed E-state index contributed by atoms with van der Waals surface area (Å²) in [4.78, 5) is 90.5. The maximum absolute atomic E-state index is 13.9. The van der Waals surface area contributed by atoms with Gasteiger partial charge >= 0.3 is 40.7 Å². The van der Waals surface area contributed by atoms with Crippen LogP contribution < -0.4 is 30.2 Å². The van der Waals surface area contributed by atoms with Crippen molar-refractivity contribution in [2.24, 2.45) is 17.8 Å². The van der Waals surface area contributed by atoms with Crippen molar-refractivity contribution in [1.29, 1.82) is 0 Å². The van der Waals surface area contributed by atoms with Gasteiger partial charge < -0.3 is 71.8 Å². The van der Waals surface area contributed by atoms with Crippen LogP contribution in [0.3, 0.4) is 0 Å². The number of nitrogens with zero attached hydrogens (tertiary/aromatic N) is 6. The summed E-state index contributed by atoms with van der Waals surface area (Å²) in [6.45, 7) is 32.5. The number of aliphatic hydroxyl groups is 3. The molecule has 9 rings (SSSR count). The molecule has 0 spiro atoms. The maximum Gasteiger partial charge on any atom is 0.380 e. The number of hydrogen-bond acceptors (Lipinski definition) is 27. The van der Waals surface area contributed by atoms with Crippen LogP contribution in [0.4, 0.5) is 0 Å². The number of carbonyl (C=O) groups excluding carboxylic acids is 3. The van der Waals surface area contributed by atoms with Crippen LogP contribution in [-0.4, -0.2) is 173 Å². The first-order chi connectivity index (χ1) is 54.5. The monoisotopic (exact) mass is 1660 g/mol. The molecule has 6 N–H and O–H groups in total. The van der Waals surface area contributed by atoms with E-state index in [9.17, 15) is 57.8 Å². The molecule has 600 valence electrons. The number of ether oxygens (including phenoxy) is 6. The van der Waals surface area contributed by atoms with Gasteiger partial charge in [-0.05, 0) is 135 Å². The van der Waals surface area contributed by atoms with Crippen molar-refractivity contribution in [2.45, 2.75) is 175 Å². The molecule has 6 aromatic rings. The lowest BCUT2D eigenvalue weighted by atomic mass is 10.1. The van der Waals surface area contributed by atoms with Gasteiger partial charge in [-0.1, -0.05) is 75.4 Å². The highest BCUT2D eigenvalue weighted by Crippen LogP contribution is 2.54. The van der Waals surface area contributed by atoms with E-state index in [-0.39, 0.29) is 48.3 Å². The number of aliphatic hydroxyl groups excluding tert-OH is 3. The van der Waals surface area contributed by atoms with E-state index in [1.807, 2.05) is 0 Å². The lowest BCUT2D eigenvalue weighted by Gasteiger charge is -2.24. The summed E-state index contributed by atoms with van der Waals surface area (Å²) in [5.74, 6) is -4.75. The summed E-state index contributed by atoms with van der Waals surface area (Å²) < 4.78 is 163. The molecule has 33 nitrogen and oxygen atoms in total. The Balaban J connectivity index is 0.000000242. The minimum absolute atomic E-state index is 0.0980. The van der Waals surface area contributed by atoms with Crippen LogP contribution in [0.1, 0.15) is 106 Å². The highest BCUT2D eigenvalue weighted by molar-refractivity contribution is 7.71. The summed E-state index contributed by atoms with van der Waals surface area (Å²) in [5, 5.41) is 32.7. The van der Waals surface area contributed by atoms with Crippen LogP contribution in [0.5, 0.6) is 17.2 Å². The number of rotatable bonds is 30. The largest absolute Gasteiger partial charge is 0.463 e. The molecule has 18 atom stereocenters. The molecule has 3 aromatic heterocycles. The number of aromatic amines is 3. The molecule has 0 bridgehead atoms. The molecule has 0 aliphatic carbocycles. The maximum atomic E-state index is 13.9. The topological polar surface area (TPSA) is 400 Å². The molecule has 0 saturated carbocycles. The van der Waals surface area contributed by atoms with Crippen LogP contribution in [-0.2, 0) is 70.1 Å². The molecule has 6 heterocycles. The van der Waals surface area contributed by atoms with Crippen molar-refractivity contribution < 1.29 is 107 Å². The number of hydrogen-bond donors (Lipinski definition) is 6. The lowest BCUT2D eigenvalue weighted by Crippen LogP contribution is -2.32. The van der Waals surface area contributed by atoms with E-state index in [2.05, 4.69) is 29.5 Å². The first-order valence-electron chi connectivity index (χ1n) is 37.3. The minimum Gasteiger partial charge on any atom is -0.463 e. The standard InChI is InChI=1S/3C24H30N3O8PS/c3*1-14(2)33-23(30)16(4)13-36(31,35-17-9-7-6-8-10-17)32-12-18-20(28)19(25-5)22(34-18)27-11-15(3)21(29)26-24(27)37/h3*6-11,14,16,18-20,22,28H,12-13H2,1-4H3,(H,26,29,37)/t16-,18+,19-,20?,22+,36?;16-,18+,19-,20?,22+,36+;16-,18+,19-,20?,22+,36-/m111/s1/i3*12D2. The fourth-order valence-corrected chi connectivity index (χ4v) is 16.5. The van der Waals surface area contributed by atoms with Crippen LogP contribution in [0.2, 0.25) is 0 Å². The van der Waals surface area contributed by atoms with E-state index in [4.69, 9.17) is 120 Å². The third-order valence-electron chi connectivity index (χ3n) is 16.1. The van der Waals surface area contributed by atoms with E-state index in [1.54, 1.807) is 96.1 Å². The summed E-state index contributed by atoms with van der Waals surface area (Å²) in [6.07, 6.45) is -13.5. The van der Waals surface area contributed by atoms with E-state index < -0.39 is 205 Å². The Kier molecular flexibility index (Phi) is 29.3. The Morgan fingerprint density at radius 2 is 0.685 bits per heavy atom. The Hall–Kier alpha value is -8.43. The van der Waals surface area contributed by atoms with Gasteiger partial charge in [0.2, 0.25) is 18.7 Å². The van der Waals surface area contributed by atoms with Crippen molar-refractivity contribution in [1.82, 2.24) is 28.7 Å². The predicted octanol–water partition coefficient (Wildman–Crippen LogP) is 10.9. The van der Waals surface area contributed by atoms with Gasteiger partial charge in [0.05, 0.1) is 82.5 Å². The van der Waals surface area contributed by atoms with Gasteiger partial charge in [0, 0.05) is 35.3 Å². The number of esters is 3. The number of para-hydroxylation sites is 3. The van der Waals surface area contributed by atoms with Crippen molar-refractivity contribution in [3.63, 3.8) is 0 Å². The molecule has 111 heavy (non-hydrogen) atoms. The van der Waals surface area contributed by atoms with E-state index in [0.717, 1.165) is 0 Å². The molecule has 3 saturated heterocycles. The minimum atomic E-state index is -4.46. The second-order valence-electron chi connectivity index (χ2n) is 26.5. The van der Waals surface area contributed by atoms with E-state index in [0.29, 0.717) is 0 Å². The molecule has 0 radical (unpaired) electrons. The molecular formula is C72H90N9O24P3S3. The van der Waals surface area contributed by atoms with Gasteiger partial charge in [0.25, 0.3) is 34.8 Å². The highest BCUT2D eigenvalue weighted by atomic mass is 32.1. The average molecular weight is 1660 g/mol. The van der Waals surface area contributed by atoms with Gasteiger partial charge in [-0.15, -0.1) is 0 Å². The van der Waals surface area contributed by atoms with Gasteiger partial charge in [-0.2, -0.15) is 0 Å². The normalized spacial score (nSPS) is 24.9. The lowest BCUT2D eigenvalue weighted by molar-refractivity contribution is -0.152. The average Bonchev–Trinajstić information content (AvgIpc) is 1.64. The van der Waals surface area contributed by atoms with Crippen molar-refractivity contribution in [2.75, 3.05) is 38.2 Å². The van der Waals surface area contributed by atoms with E-state index >= 15 is 0 Å². The molecule has 4 unspecified atom stereocenters. The zero-order valence-corrected chi connectivity index (χ0v) is 67.2. The van der Waals surface area contributed by atoms with Crippen LogP contribution >= 0.6 is 59.4 Å². The van der Waals surface area contributed by atoms with Gasteiger partial charge in [0.1, 0.15) is 35.6 Å². The van der Waals surface area contributed by atoms with Crippen LogP contribution in [0, 0.1) is 72.6 Å². The summed E-state index contributed by atoms with van der Waals surface area (Å²) in [6, 6.07) is 19.6. The SMILES string of the molecule is [2H]C([2H])(OP(=O)(C[C@@H](C)C(=O)OC(C)C)Oc1ccccc1)[C@@H]1O[C@H](n2cc(C)c(=O)[nH]c2=S)[C@H]([N+]#[C-])C1O.[2H]C([2H])(O[P@@](=O)(C[C@@H](C)C(=O)OC(C)C)Oc1ccccc1)[C@@H]1O[C@H](n2cc(C)c(=O)[nH]c2=S)[C@H]([N+]#[C-])C1O.[2H]C([2H])(O[P@](=O)(C[C@@H](C)C(=O)OC(C)C)Oc1ccccc1)[C@@H]1O[C@H](n2cc(C)c(=O)[nH]c2=S)[C@H]([N+]#[C-])C1O. The number of H-pyrrole nitrogens is 3. The van der Waals surface area contributed by atoms with Gasteiger partial charge in [0.15, 0.2) is 32.6 Å². The third kappa shape index (κ3) is 24.8. The molecule has 3 aliphatic rings. The van der Waals surface area contributed by atoms with Crippen molar-refractivity contribution in [3.8, 4) is 17.2 Å². The summed E-state index contributed by atoms with van der Waals surface area (Å²) in [5.41, 5.74) is -0.612. The molecule has 0 amide bonds. The summed E-state index contributed by atoms with van der Waals surface area (Å²) in [7, 11) is -13.4. The number of aryl methyl sites for hydroxylation is 3. The predicted molar refractivity (Wildman–Crippen MR) is 410 cm³/mol. The van der Waals surface area contributed by atoms with Crippen molar-refractivity contribution in [3.05, 3.63) is 206 Å². The quantitative estimate of drug-likeness (QED) is 0.00802. The molecule has 39 heteroatoms. The zero-order chi connectivity index (χ0) is 87.4. The van der Waals surface area contributed by atoms with Crippen LogP contribution in [0.25, 0.3) is 14.5 Å². The molecule has 3 aromatic carbocycles. The first kappa shape index (κ1) is 80.6. The van der Waals surface area contributed by atoms with Crippen LogP contribution in [0.15, 0.2) is 124 Å². The smallest absolute Gasteiger partial charge is 0.380 e. The number of benzene rings is 3. The van der Waals surface area contributed by atoms with Gasteiger partial charge in [-0.25, -0.2) is 33.4 Å². The first-order valence-corrected chi connectivity index (χ1v) is 40.7. The van der Waals surface area contributed by atoms with E-state index in [1.165, 1.54) is 110 Å². The molecule has 3 fully saturated rings. The number of carbonyl (C=O) groups is 3. The Morgan fingerprint density at radius 3 is 0.892 bits per heavy atom. The Bertz CT molecular complexity index is 4680. The fraction of sp³-hybridized carbons (Fsp3) is 0.500. The molecular weight excluding hydrogens is 1560 g/mol. The zero-order valence-electron chi connectivity index (χ0n) is 68.1. The molecule has 3 aliphatic heterocycles.